The first-order valence-corrected chi connectivity index (χ1v) is 7.79. The molecule has 0 fully saturated rings. The first-order valence-electron chi connectivity index (χ1n) is 7.79. The lowest BCUT2D eigenvalue weighted by molar-refractivity contribution is 1.57. The van der Waals surface area contributed by atoms with Gasteiger partial charge >= 0.3 is 0 Å². The van der Waals surface area contributed by atoms with Gasteiger partial charge < -0.3 is 0 Å². The molecule has 0 unspecified atom stereocenters. The Morgan fingerprint density at radius 3 is 1.43 bits per heavy atom. The van der Waals surface area contributed by atoms with Crippen LogP contribution in [0.5, 0.6) is 0 Å². The van der Waals surface area contributed by atoms with E-state index in [2.05, 4.69) is 84.6 Å². The molecule has 0 amide bonds. The van der Waals surface area contributed by atoms with Gasteiger partial charge in [-0.1, -0.05) is 78.9 Å². The van der Waals surface area contributed by atoms with Crippen molar-refractivity contribution in [1.29, 1.82) is 0 Å². The van der Waals surface area contributed by atoms with E-state index in [-0.39, 0.29) is 0 Å². The molecule has 0 aromatic heterocycles. The highest BCUT2D eigenvalue weighted by Crippen LogP contribution is 2.26. The Labute approximate surface area is 136 Å². The van der Waals surface area contributed by atoms with Crippen LogP contribution in [-0.2, 0) is 0 Å². The van der Waals surface area contributed by atoms with Crippen molar-refractivity contribution in [2.24, 2.45) is 0 Å². The van der Waals surface area contributed by atoms with Gasteiger partial charge in [0.05, 0.1) is 0 Å². The van der Waals surface area contributed by atoms with E-state index < -0.39 is 0 Å². The van der Waals surface area contributed by atoms with Crippen LogP contribution in [0.25, 0.3) is 27.8 Å². The predicted octanol–water partition coefficient (Wildman–Crippen LogP) is 6.13. The first kappa shape index (κ1) is 13.6. The largest absolute Gasteiger partial charge is 0.120 e. The second-order valence-electron chi connectivity index (χ2n) is 5.62. The molecule has 0 bridgehead atoms. The minimum atomic E-state index is 1.22. The Morgan fingerprint density at radius 1 is 0.478 bits per heavy atom. The van der Waals surface area contributed by atoms with Crippen LogP contribution in [0.4, 0.5) is 0 Å². The van der Waals surface area contributed by atoms with Gasteiger partial charge in [-0.05, 0) is 51.6 Å². The van der Waals surface area contributed by atoms with Gasteiger partial charge in [0.25, 0.3) is 0 Å². The highest BCUT2D eigenvalue weighted by Gasteiger charge is 2.03. The normalized spacial score (nSPS) is 12.4. The highest BCUT2D eigenvalue weighted by atomic mass is 14.1. The van der Waals surface area contributed by atoms with Crippen LogP contribution in [0.1, 0.15) is 5.56 Å². The van der Waals surface area contributed by atoms with E-state index in [0.29, 0.717) is 0 Å². The molecule has 23 heavy (non-hydrogen) atoms. The molecule has 0 N–H and O–H groups in total. The summed E-state index contributed by atoms with van der Waals surface area (Å²) in [6, 6.07) is 27.9. The van der Waals surface area contributed by atoms with Crippen molar-refractivity contribution in [1.82, 2.24) is 0 Å². The van der Waals surface area contributed by atoms with Crippen LogP contribution in [0.15, 0.2) is 103 Å². The summed E-state index contributed by atoms with van der Waals surface area (Å²) in [5, 5.41) is 0. The number of benzene rings is 3. The Hall–Kier alpha value is -3.08. The maximum Gasteiger partial charge on any atom is -0.0101 e. The maximum absolute atomic E-state index is 3.10. The Balaban J connectivity index is 1.60. The summed E-state index contributed by atoms with van der Waals surface area (Å²) in [6.07, 6.45) is 6.05. The number of hydrogen-bond donors (Lipinski definition) is 0. The molecule has 3 aromatic rings. The molecule has 0 aliphatic heterocycles. The molecule has 1 aliphatic rings. The van der Waals surface area contributed by atoms with E-state index >= 15 is 0 Å². The van der Waals surface area contributed by atoms with Crippen LogP contribution < -0.4 is 0 Å². The lowest BCUT2D eigenvalue weighted by Gasteiger charge is -2.06. The van der Waals surface area contributed by atoms with Gasteiger partial charge in [-0.15, -0.1) is 5.73 Å². The molecule has 0 nitrogen and oxygen atoms in total. The van der Waals surface area contributed by atoms with E-state index in [1.807, 2.05) is 18.2 Å². The molecule has 108 valence electrons. The smallest absolute Gasteiger partial charge is 0.0101 e. The zero-order chi connectivity index (χ0) is 15.5. The minimum absolute atomic E-state index is 1.22. The van der Waals surface area contributed by atoms with Crippen LogP contribution >= 0.6 is 0 Å². The third kappa shape index (κ3) is 2.81. The molecule has 0 spiro atoms. The molecular weight excluding hydrogens is 276 g/mol. The van der Waals surface area contributed by atoms with Crippen molar-refractivity contribution < 1.29 is 0 Å². The third-order valence-electron chi connectivity index (χ3n) is 4.14. The summed E-state index contributed by atoms with van der Waals surface area (Å²) in [5.41, 5.74) is 10.5. The number of rotatable bonds is 3. The van der Waals surface area contributed by atoms with Crippen molar-refractivity contribution in [2.75, 3.05) is 0 Å². The molecule has 0 heteroatoms. The molecule has 0 radical (unpaired) electrons. The van der Waals surface area contributed by atoms with Crippen LogP contribution in [0, 0.1) is 0 Å². The summed E-state index contributed by atoms with van der Waals surface area (Å²) in [4.78, 5) is 0. The average Bonchev–Trinajstić information content (AvgIpc) is 3.18. The molecule has 0 saturated heterocycles. The van der Waals surface area contributed by atoms with Crippen LogP contribution in [-0.4, -0.2) is 0 Å². The van der Waals surface area contributed by atoms with E-state index in [1.165, 1.54) is 33.4 Å². The summed E-state index contributed by atoms with van der Waals surface area (Å²) >= 11 is 0. The van der Waals surface area contributed by atoms with E-state index in [1.54, 1.807) is 0 Å². The lowest BCUT2D eigenvalue weighted by Crippen LogP contribution is -1.82. The second-order valence-corrected chi connectivity index (χ2v) is 5.62. The van der Waals surface area contributed by atoms with E-state index in [4.69, 9.17) is 0 Å². The fourth-order valence-electron chi connectivity index (χ4n) is 2.84. The molecule has 0 saturated carbocycles. The average molecular weight is 292 g/mol. The van der Waals surface area contributed by atoms with Crippen molar-refractivity contribution in [2.45, 2.75) is 0 Å². The quantitative estimate of drug-likeness (QED) is 0.509. The van der Waals surface area contributed by atoms with Gasteiger partial charge in [0.2, 0.25) is 0 Å². The topological polar surface area (TPSA) is 0 Å². The van der Waals surface area contributed by atoms with Crippen LogP contribution in [0.3, 0.4) is 0 Å². The summed E-state index contributed by atoms with van der Waals surface area (Å²) < 4.78 is 0. The Morgan fingerprint density at radius 2 is 0.957 bits per heavy atom. The van der Waals surface area contributed by atoms with Crippen molar-refractivity contribution in [3.63, 3.8) is 0 Å². The maximum atomic E-state index is 3.10. The van der Waals surface area contributed by atoms with Crippen molar-refractivity contribution >= 4 is 5.57 Å². The summed E-state index contributed by atoms with van der Waals surface area (Å²) in [7, 11) is 0. The van der Waals surface area contributed by atoms with Crippen molar-refractivity contribution in [3.8, 4) is 22.3 Å². The highest BCUT2D eigenvalue weighted by molar-refractivity contribution is 5.79. The third-order valence-corrected chi connectivity index (χ3v) is 4.14. The van der Waals surface area contributed by atoms with Gasteiger partial charge in [-0.2, -0.15) is 0 Å². The van der Waals surface area contributed by atoms with Gasteiger partial charge in [0.15, 0.2) is 0 Å². The molecule has 0 atom stereocenters. The molecule has 3 aromatic carbocycles. The van der Waals surface area contributed by atoms with Gasteiger partial charge in [-0.25, -0.2) is 0 Å². The molecule has 0 heterocycles. The van der Waals surface area contributed by atoms with Gasteiger partial charge in [-0.3, -0.25) is 0 Å². The predicted molar refractivity (Wildman–Crippen MR) is 97.9 cm³/mol. The Kier molecular flexibility index (Phi) is 3.52. The Bertz CT molecular complexity index is 902. The zero-order valence-corrected chi connectivity index (χ0v) is 12.7. The van der Waals surface area contributed by atoms with Crippen LogP contribution in [0.2, 0.25) is 0 Å². The standard InChI is InChI=1S/C23H16/c1-2-6-18(7-3-1)20-10-14-22(15-11-20)23-16-12-21(13-17-23)19-8-4-5-9-19/h1-4,6-17H. The van der Waals surface area contributed by atoms with Crippen molar-refractivity contribution in [3.05, 3.63) is 108 Å². The van der Waals surface area contributed by atoms with E-state index in [9.17, 15) is 0 Å². The molecule has 1 aliphatic carbocycles. The number of allylic oxidation sites excluding steroid dienone is 3. The SMILES string of the molecule is C1=CC=C(c2ccc(-c3ccc(-c4ccccc4)cc3)cc2)C=1. The summed E-state index contributed by atoms with van der Waals surface area (Å²) in [5.74, 6) is 0. The van der Waals surface area contributed by atoms with Gasteiger partial charge in [0, 0.05) is 0 Å². The second kappa shape index (κ2) is 5.96. The van der Waals surface area contributed by atoms with E-state index in [0.717, 1.165) is 0 Å². The fraction of sp³-hybridized carbons (Fsp3) is 0. The molecular formula is C23H16. The van der Waals surface area contributed by atoms with Gasteiger partial charge in [0.1, 0.15) is 0 Å². The monoisotopic (exact) mass is 292 g/mol. The molecule has 4 rings (SSSR count). The lowest BCUT2D eigenvalue weighted by atomic mass is 9.98. The zero-order valence-electron chi connectivity index (χ0n) is 12.7. The fourth-order valence-corrected chi connectivity index (χ4v) is 2.84. The minimum Gasteiger partial charge on any atom is -0.120 e. The number of hydrogen-bond acceptors (Lipinski definition) is 0. The first-order chi connectivity index (χ1) is 11.4. The summed E-state index contributed by atoms with van der Waals surface area (Å²) in [6.45, 7) is 0.